The molecule has 3 N–H and O–H groups in total. The summed E-state index contributed by atoms with van der Waals surface area (Å²) < 4.78 is 67.5. The van der Waals surface area contributed by atoms with E-state index in [2.05, 4.69) is 15.3 Å². The van der Waals surface area contributed by atoms with Gasteiger partial charge in [0, 0.05) is 37.6 Å². The molecule has 1 amide bonds. The van der Waals surface area contributed by atoms with E-state index in [1.165, 1.54) is 30.2 Å². The number of aromatic nitrogens is 2. The molecule has 2 aromatic heterocycles. The lowest BCUT2D eigenvalue weighted by atomic mass is 10.1. The number of allylic oxidation sites excluding steroid dienone is 1. The molecule has 1 aliphatic heterocycles. The van der Waals surface area contributed by atoms with E-state index in [0.29, 0.717) is 22.9 Å². The van der Waals surface area contributed by atoms with Gasteiger partial charge in [-0.25, -0.2) is 18.7 Å². The molecule has 0 spiro atoms. The Morgan fingerprint density at radius 2 is 2.03 bits per heavy atom. The first-order valence-electron chi connectivity index (χ1n) is 9.01. The Balaban J connectivity index is 2.00. The standard InChI is InChI=1S/C19H18F5N5OS/c1-11-8-18(20,21)3-5-29(10-11)16-14(6-12(9-27-16)19(22,23)24)17(30)28-13-2-4-26-15(7-13)31-25/h2,4,6-9H,3,5,10,25H2,1H3,(H,26,28,30). The Bertz CT molecular complexity index is 1010. The molecule has 0 saturated carbocycles. The van der Waals surface area contributed by atoms with Crippen molar-refractivity contribution in [3.05, 3.63) is 53.4 Å². The van der Waals surface area contributed by atoms with E-state index in [0.717, 1.165) is 18.0 Å². The number of nitrogens with zero attached hydrogens (tertiary/aromatic N) is 3. The van der Waals surface area contributed by atoms with Crippen LogP contribution in [0.5, 0.6) is 0 Å². The smallest absolute Gasteiger partial charge is 0.352 e. The van der Waals surface area contributed by atoms with Gasteiger partial charge in [0.25, 0.3) is 11.8 Å². The highest BCUT2D eigenvalue weighted by molar-refractivity contribution is 7.97. The van der Waals surface area contributed by atoms with Crippen LogP contribution in [-0.4, -0.2) is 34.9 Å². The highest BCUT2D eigenvalue weighted by atomic mass is 32.2. The fourth-order valence-corrected chi connectivity index (χ4v) is 3.42. The summed E-state index contributed by atoms with van der Waals surface area (Å²) in [7, 11) is 0. The Morgan fingerprint density at radius 3 is 2.71 bits per heavy atom. The average Bonchev–Trinajstić information content (AvgIpc) is 2.83. The molecule has 0 radical (unpaired) electrons. The Morgan fingerprint density at radius 1 is 1.29 bits per heavy atom. The van der Waals surface area contributed by atoms with Crippen LogP contribution in [0.1, 0.15) is 29.3 Å². The summed E-state index contributed by atoms with van der Waals surface area (Å²) in [5.41, 5.74) is -0.933. The number of carbonyl (C=O) groups excluding carboxylic acids is 1. The van der Waals surface area contributed by atoms with Crippen molar-refractivity contribution >= 4 is 29.4 Å². The molecule has 2 aromatic rings. The van der Waals surface area contributed by atoms with Crippen LogP contribution >= 0.6 is 11.9 Å². The van der Waals surface area contributed by atoms with Gasteiger partial charge in [0.2, 0.25) is 0 Å². The van der Waals surface area contributed by atoms with Gasteiger partial charge in [-0.05, 0) is 43.1 Å². The fraction of sp³-hybridized carbons (Fsp3) is 0.316. The fourth-order valence-electron chi connectivity index (χ4n) is 3.10. The number of hydrogen-bond acceptors (Lipinski definition) is 6. The molecule has 6 nitrogen and oxygen atoms in total. The number of halogens is 5. The number of amides is 1. The lowest BCUT2D eigenvalue weighted by Crippen LogP contribution is -2.30. The van der Waals surface area contributed by atoms with Crippen LogP contribution in [-0.2, 0) is 6.18 Å². The Hall–Kier alpha value is -2.73. The van der Waals surface area contributed by atoms with Gasteiger partial charge >= 0.3 is 6.18 Å². The molecule has 0 saturated heterocycles. The number of nitrogens with two attached hydrogens (primary N) is 1. The molecule has 1 aliphatic rings. The lowest BCUT2D eigenvalue weighted by Gasteiger charge is -2.25. The van der Waals surface area contributed by atoms with Gasteiger partial charge in [0.05, 0.1) is 11.1 Å². The van der Waals surface area contributed by atoms with Crippen molar-refractivity contribution in [3.63, 3.8) is 0 Å². The monoisotopic (exact) mass is 459 g/mol. The van der Waals surface area contributed by atoms with E-state index in [4.69, 9.17) is 5.14 Å². The molecule has 0 aliphatic carbocycles. The highest BCUT2D eigenvalue weighted by Gasteiger charge is 2.35. The predicted molar refractivity (Wildman–Crippen MR) is 107 cm³/mol. The number of anilines is 2. The quantitative estimate of drug-likeness (QED) is 0.398. The van der Waals surface area contributed by atoms with Crippen LogP contribution in [0.2, 0.25) is 0 Å². The van der Waals surface area contributed by atoms with Gasteiger partial charge in [0.1, 0.15) is 10.8 Å². The molecule has 31 heavy (non-hydrogen) atoms. The summed E-state index contributed by atoms with van der Waals surface area (Å²) >= 11 is 0.831. The van der Waals surface area contributed by atoms with Gasteiger partial charge in [-0.3, -0.25) is 9.93 Å². The molecule has 0 bridgehead atoms. The van der Waals surface area contributed by atoms with Crippen molar-refractivity contribution < 1.29 is 26.7 Å². The highest BCUT2D eigenvalue weighted by Crippen LogP contribution is 2.34. The second-order valence-electron chi connectivity index (χ2n) is 6.97. The van der Waals surface area contributed by atoms with E-state index in [-0.39, 0.29) is 30.2 Å². The van der Waals surface area contributed by atoms with E-state index in [9.17, 15) is 26.7 Å². The summed E-state index contributed by atoms with van der Waals surface area (Å²) in [6.07, 6.45) is -2.51. The second kappa shape index (κ2) is 8.79. The first kappa shape index (κ1) is 22.9. The van der Waals surface area contributed by atoms with E-state index in [1.54, 1.807) is 0 Å². The van der Waals surface area contributed by atoms with Crippen LogP contribution in [0.15, 0.2) is 47.3 Å². The first-order chi connectivity index (χ1) is 14.5. The summed E-state index contributed by atoms with van der Waals surface area (Å²) in [4.78, 5) is 22.0. The largest absolute Gasteiger partial charge is 0.417 e. The molecule has 0 fully saturated rings. The van der Waals surface area contributed by atoms with E-state index in [1.807, 2.05) is 0 Å². The van der Waals surface area contributed by atoms with Crippen molar-refractivity contribution in [2.45, 2.75) is 30.5 Å². The third-order valence-corrected chi connectivity index (χ3v) is 4.93. The number of rotatable bonds is 4. The van der Waals surface area contributed by atoms with Crippen molar-refractivity contribution in [1.82, 2.24) is 9.97 Å². The molecule has 0 aromatic carbocycles. The number of nitrogens with one attached hydrogen (secondary N) is 1. The van der Waals surface area contributed by atoms with Crippen LogP contribution in [0.3, 0.4) is 0 Å². The topological polar surface area (TPSA) is 84.1 Å². The van der Waals surface area contributed by atoms with Crippen LogP contribution < -0.4 is 15.4 Å². The van der Waals surface area contributed by atoms with Gasteiger partial charge in [-0.1, -0.05) is 5.57 Å². The maximum absolute atomic E-state index is 13.9. The predicted octanol–water partition coefficient (Wildman–Crippen LogP) is 4.51. The van der Waals surface area contributed by atoms with Crippen molar-refractivity contribution in [1.29, 1.82) is 0 Å². The molecule has 0 atom stereocenters. The lowest BCUT2D eigenvalue weighted by molar-refractivity contribution is -0.137. The molecule has 0 unspecified atom stereocenters. The minimum Gasteiger partial charge on any atom is -0.352 e. The number of carbonyl (C=O) groups is 1. The second-order valence-corrected chi connectivity index (χ2v) is 7.62. The average molecular weight is 459 g/mol. The molecule has 166 valence electrons. The zero-order valence-electron chi connectivity index (χ0n) is 16.2. The molecule has 3 heterocycles. The minimum atomic E-state index is -4.73. The van der Waals surface area contributed by atoms with E-state index < -0.39 is 30.0 Å². The number of hydrogen-bond donors (Lipinski definition) is 2. The Labute approximate surface area is 178 Å². The molecule has 12 heteroatoms. The third-order valence-electron chi connectivity index (χ3n) is 4.46. The molecular formula is C19H18F5N5OS. The van der Waals surface area contributed by atoms with Gasteiger partial charge in [-0.15, -0.1) is 0 Å². The minimum absolute atomic E-state index is 0.00253. The maximum Gasteiger partial charge on any atom is 0.417 e. The van der Waals surface area contributed by atoms with Crippen LogP contribution in [0.4, 0.5) is 33.5 Å². The summed E-state index contributed by atoms with van der Waals surface area (Å²) in [5.74, 6) is -4.04. The van der Waals surface area contributed by atoms with Crippen molar-refractivity contribution in [2.24, 2.45) is 5.14 Å². The molecular weight excluding hydrogens is 441 g/mol. The van der Waals surface area contributed by atoms with Crippen LogP contribution in [0, 0.1) is 0 Å². The number of alkyl halides is 5. The maximum atomic E-state index is 13.9. The number of pyridine rings is 2. The summed E-state index contributed by atoms with van der Waals surface area (Å²) in [5, 5.41) is 8.31. The first-order valence-corrected chi connectivity index (χ1v) is 9.89. The van der Waals surface area contributed by atoms with Crippen LogP contribution in [0.25, 0.3) is 0 Å². The van der Waals surface area contributed by atoms with Gasteiger partial charge in [0.15, 0.2) is 0 Å². The Kier molecular flexibility index (Phi) is 6.51. The van der Waals surface area contributed by atoms with Gasteiger partial charge < -0.3 is 10.2 Å². The summed E-state index contributed by atoms with van der Waals surface area (Å²) in [6.45, 7) is 1.29. The molecule has 3 rings (SSSR count). The van der Waals surface area contributed by atoms with Crippen molar-refractivity contribution in [3.8, 4) is 0 Å². The SMILES string of the molecule is CC1=CC(F)(F)CCN(c2ncc(C(F)(F)F)cc2C(=O)Nc2ccnc(SN)c2)C1. The van der Waals surface area contributed by atoms with Crippen molar-refractivity contribution in [2.75, 3.05) is 23.3 Å². The van der Waals surface area contributed by atoms with E-state index >= 15 is 0 Å². The van der Waals surface area contributed by atoms with Gasteiger partial charge in [-0.2, -0.15) is 13.2 Å². The third kappa shape index (κ3) is 5.70. The summed E-state index contributed by atoms with van der Waals surface area (Å²) in [6, 6.07) is 3.56. The zero-order valence-corrected chi connectivity index (χ0v) is 17.0. The normalized spacial score (nSPS) is 16.5. The zero-order chi connectivity index (χ0) is 22.8.